The van der Waals surface area contributed by atoms with Gasteiger partial charge in [0.05, 0.1) is 6.04 Å². The molecule has 1 saturated heterocycles. The van der Waals surface area contributed by atoms with E-state index < -0.39 is 0 Å². The predicted molar refractivity (Wildman–Crippen MR) is 75.5 cm³/mol. The second-order valence-corrected chi connectivity index (χ2v) is 5.89. The van der Waals surface area contributed by atoms with Crippen LogP contribution in [0.3, 0.4) is 0 Å². The molecule has 1 N–H and O–H groups in total. The largest absolute Gasteiger partial charge is 0.325 e. The van der Waals surface area contributed by atoms with Gasteiger partial charge in [-0.2, -0.15) is 0 Å². The van der Waals surface area contributed by atoms with Crippen molar-refractivity contribution in [3.8, 4) is 0 Å². The third-order valence-electron chi connectivity index (χ3n) is 3.44. The number of carbonyl (C=O) groups excluding carboxylic acids is 1. The first kappa shape index (κ1) is 13.4. The van der Waals surface area contributed by atoms with E-state index in [4.69, 9.17) is 0 Å². The summed E-state index contributed by atoms with van der Waals surface area (Å²) in [4.78, 5) is 15.2. The Kier molecular flexibility index (Phi) is 3.97. The molecule has 0 spiro atoms. The summed E-state index contributed by atoms with van der Waals surface area (Å²) in [5, 5.41) is 3.41. The summed E-state index contributed by atoms with van der Waals surface area (Å²) >= 11 is 1.73. The van der Waals surface area contributed by atoms with Crippen LogP contribution in [0, 0.1) is 5.92 Å². The Morgan fingerprint density at radius 3 is 2.33 bits per heavy atom. The Bertz CT molecular complexity index is 430. The van der Waals surface area contributed by atoms with Crippen LogP contribution in [0.25, 0.3) is 0 Å². The van der Waals surface area contributed by atoms with E-state index in [2.05, 4.69) is 49.7 Å². The van der Waals surface area contributed by atoms with Crippen LogP contribution in [-0.4, -0.2) is 30.2 Å². The highest BCUT2D eigenvalue weighted by molar-refractivity contribution is 7.98. The van der Waals surface area contributed by atoms with E-state index in [9.17, 15) is 4.79 Å². The number of nitrogens with one attached hydrogen (secondary N) is 1. The number of hydrogen-bond acceptors (Lipinski definition) is 3. The Hall–Kier alpha value is -1.00. The lowest BCUT2D eigenvalue weighted by Crippen LogP contribution is -2.33. The third-order valence-corrected chi connectivity index (χ3v) is 4.18. The van der Waals surface area contributed by atoms with E-state index in [-0.39, 0.29) is 18.1 Å². The molecule has 1 aromatic carbocycles. The van der Waals surface area contributed by atoms with Gasteiger partial charge in [0.25, 0.3) is 0 Å². The number of amides is 1. The summed E-state index contributed by atoms with van der Waals surface area (Å²) in [7, 11) is 1.87. The lowest BCUT2D eigenvalue weighted by atomic mass is 10.1. The highest BCUT2D eigenvalue weighted by Gasteiger charge is 2.38. The molecule has 4 heteroatoms. The molecule has 1 aliphatic rings. The minimum Gasteiger partial charge on any atom is -0.325 e. The molecule has 1 heterocycles. The Morgan fingerprint density at radius 1 is 1.28 bits per heavy atom. The van der Waals surface area contributed by atoms with Crippen LogP contribution in [0.4, 0.5) is 0 Å². The molecule has 0 saturated carbocycles. The van der Waals surface area contributed by atoms with Crippen molar-refractivity contribution >= 4 is 17.7 Å². The molecule has 0 aliphatic carbocycles. The van der Waals surface area contributed by atoms with Crippen LogP contribution in [-0.2, 0) is 4.79 Å². The van der Waals surface area contributed by atoms with Crippen molar-refractivity contribution in [2.24, 2.45) is 5.92 Å². The van der Waals surface area contributed by atoms with Gasteiger partial charge in [0.2, 0.25) is 5.91 Å². The van der Waals surface area contributed by atoms with E-state index in [1.165, 1.54) is 4.90 Å². The van der Waals surface area contributed by atoms with E-state index >= 15 is 0 Å². The van der Waals surface area contributed by atoms with Gasteiger partial charge in [-0.1, -0.05) is 26.0 Å². The first-order valence-corrected chi connectivity index (χ1v) is 7.43. The molecule has 1 amide bonds. The quantitative estimate of drug-likeness (QED) is 0.851. The Labute approximate surface area is 113 Å². The van der Waals surface area contributed by atoms with Gasteiger partial charge in [-0.05, 0) is 29.9 Å². The van der Waals surface area contributed by atoms with Crippen molar-refractivity contribution in [1.29, 1.82) is 0 Å². The molecular weight excluding hydrogens is 244 g/mol. The van der Waals surface area contributed by atoms with Crippen molar-refractivity contribution in [3.63, 3.8) is 0 Å². The molecule has 18 heavy (non-hydrogen) atoms. The molecule has 1 fully saturated rings. The van der Waals surface area contributed by atoms with Crippen molar-refractivity contribution in [3.05, 3.63) is 29.8 Å². The van der Waals surface area contributed by atoms with Crippen molar-refractivity contribution in [2.45, 2.75) is 31.0 Å². The van der Waals surface area contributed by atoms with Crippen LogP contribution in [0.1, 0.15) is 25.6 Å². The zero-order valence-corrected chi connectivity index (χ0v) is 12.1. The smallest absolute Gasteiger partial charge is 0.241 e. The fourth-order valence-electron chi connectivity index (χ4n) is 2.28. The molecule has 0 bridgehead atoms. The SMILES string of the molecule is CSc1ccc(C2NC(C(C)C)C(=O)N2C)cc1. The molecule has 1 aliphatic heterocycles. The normalized spacial score (nSPS) is 24.1. The number of benzene rings is 1. The first-order valence-electron chi connectivity index (χ1n) is 6.21. The van der Waals surface area contributed by atoms with Gasteiger partial charge in [0.1, 0.15) is 6.17 Å². The summed E-state index contributed by atoms with van der Waals surface area (Å²) < 4.78 is 0. The van der Waals surface area contributed by atoms with Gasteiger partial charge in [0, 0.05) is 11.9 Å². The summed E-state index contributed by atoms with van der Waals surface area (Å²) in [6, 6.07) is 8.32. The summed E-state index contributed by atoms with van der Waals surface area (Å²) in [6.07, 6.45) is 2.06. The molecule has 2 atom stereocenters. The number of likely N-dealkylation sites (N-methyl/N-ethyl adjacent to an activating group) is 1. The van der Waals surface area contributed by atoms with Crippen LogP contribution in [0.15, 0.2) is 29.2 Å². The summed E-state index contributed by atoms with van der Waals surface area (Å²) in [5.41, 5.74) is 1.15. The first-order chi connectivity index (χ1) is 8.54. The highest BCUT2D eigenvalue weighted by Crippen LogP contribution is 2.27. The fourth-order valence-corrected chi connectivity index (χ4v) is 2.69. The van der Waals surface area contributed by atoms with Crippen molar-refractivity contribution in [1.82, 2.24) is 10.2 Å². The molecule has 0 radical (unpaired) electrons. The number of nitrogens with zero attached hydrogens (tertiary/aromatic N) is 1. The highest BCUT2D eigenvalue weighted by atomic mass is 32.2. The lowest BCUT2D eigenvalue weighted by Gasteiger charge is -2.19. The maximum atomic E-state index is 12.1. The fraction of sp³-hybridized carbons (Fsp3) is 0.500. The third kappa shape index (κ3) is 2.40. The summed E-state index contributed by atoms with van der Waals surface area (Å²) in [6.45, 7) is 4.14. The van der Waals surface area contributed by atoms with E-state index in [1.807, 2.05) is 7.05 Å². The molecule has 1 aromatic rings. The second-order valence-electron chi connectivity index (χ2n) is 5.01. The molecule has 3 nitrogen and oxygen atoms in total. The topological polar surface area (TPSA) is 32.3 Å². The van der Waals surface area contributed by atoms with Crippen LogP contribution in [0.5, 0.6) is 0 Å². The Balaban J connectivity index is 2.20. The van der Waals surface area contributed by atoms with Gasteiger partial charge >= 0.3 is 0 Å². The minimum absolute atomic E-state index is 0.000746. The minimum atomic E-state index is -0.0692. The average Bonchev–Trinajstić information content (AvgIpc) is 2.67. The van der Waals surface area contributed by atoms with Crippen molar-refractivity contribution < 1.29 is 4.79 Å². The predicted octanol–water partition coefficient (Wildman–Crippen LogP) is 2.49. The molecule has 2 unspecified atom stereocenters. The van der Waals surface area contributed by atoms with Crippen LogP contribution >= 0.6 is 11.8 Å². The van der Waals surface area contributed by atoms with Crippen LogP contribution < -0.4 is 5.32 Å². The number of thioether (sulfide) groups is 1. The standard InChI is InChI=1S/C14H20N2OS/c1-9(2)12-14(17)16(3)13(15-12)10-5-7-11(18-4)8-6-10/h5-9,12-13,15H,1-4H3. The molecule has 2 rings (SSSR count). The molecular formula is C14H20N2OS. The van der Waals surface area contributed by atoms with E-state index in [1.54, 1.807) is 16.7 Å². The molecule has 0 aromatic heterocycles. The Morgan fingerprint density at radius 2 is 1.89 bits per heavy atom. The maximum Gasteiger partial charge on any atom is 0.241 e. The second kappa shape index (κ2) is 5.33. The van der Waals surface area contributed by atoms with Gasteiger partial charge in [-0.15, -0.1) is 11.8 Å². The van der Waals surface area contributed by atoms with Crippen LogP contribution in [0.2, 0.25) is 0 Å². The number of hydrogen-bond donors (Lipinski definition) is 1. The van der Waals surface area contributed by atoms with E-state index in [0.717, 1.165) is 5.56 Å². The number of rotatable bonds is 3. The van der Waals surface area contributed by atoms with Gasteiger partial charge in [-0.25, -0.2) is 0 Å². The number of carbonyl (C=O) groups is 1. The van der Waals surface area contributed by atoms with Gasteiger partial charge < -0.3 is 4.90 Å². The van der Waals surface area contributed by atoms with Gasteiger partial charge in [-0.3, -0.25) is 10.1 Å². The zero-order chi connectivity index (χ0) is 13.3. The van der Waals surface area contributed by atoms with E-state index in [0.29, 0.717) is 5.92 Å². The zero-order valence-electron chi connectivity index (χ0n) is 11.3. The monoisotopic (exact) mass is 264 g/mol. The average molecular weight is 264 g/mol. The van der Waals surface area contributed by atoms with Gasteiger partial charge in [0.15, 0.2) is 0 Å². The molecule has 98 valence electrons. The summed E-state index contributed by atoms with van der Waals surface area (Å²) in [5.74, 6) is 0.499. The van der Waals surface area contributed by atoms with Crippen molar-refractivity contribution in [2.75, 3.05) is 13.3 Å². The maximum absolute atomic E-state index is 12.1. The lowest BCUT2D eigenvalue weighted by molar-refractivity contribution is -0.129.